The molecular formula is C21H20FN3O3. The van der Waals surface area contributed by atoms with Crippen molar-refractivity contribution in [2.45, 2.75) is 32.0 Å². The number of halogens is 1. The first-order valence-corrected chi connectivity index (χ1v) is 9.26. The summed E-state index contributed by atoms with van der Waals surface area (Å²) in [6.45, 7) is 2.26. The number of benzene rings is 2. The maximum absolute atomic E-state index is 13.3. The van der Waals surface area contributed by atoms with E-state index in [1.165, 1.54) is 21.9 Å². The third-order valence-corrected chi connectivity index (χ3v) is 5.42. The lowest BCUT2D eigenvalue weighted by atomic mass is 9.95. The maximum Gasteiger partial charge on any atom is 0.267 e. The van der Waals surface area contributed by atoms with Crippen LogP contribution in [-0.2, 0) is 16.1 Å². The van der Waals surface area contributed by atoms with Crippen LogP contribution < -0.4 is 10.2 Å². The smallest absolute Gasteiger partial charge is 0.267 e. The number of nitrogens with one attached hydrogen (secondary N) is 1. The Labute approximate surface area is 161 Å². The van der Waals surface area contributed by atoms with Crippen LogP contribution in [-0.4, -0.2) is 34.8 Å². The predicted octanol–water partition coefficient (Wildman–Crippen LogP) is 2.44. The molecular weight excluding hydrogens is 361 g/mol. The third kappa shape index (κ3) is 2.58. The molecule has 0 aliphatic carbocycles. The number of para-hydroxylation sites is 1. The SMILES string of the molecule is CCN1C(=O)c2ccccc2N2C(=O)CCC12C(=O)NCc1ccc(F)cc1. The zero-order valence-corrected chi connectivity index (χ0v) is 15.4. The topological polar surface area (TPSA) is 69.7 Å². The Morgan fingerprint density at radius 2 is 1.86 bits per heavy atom. The van der Waals surface area contributed by atoms with Gasteiger partial charge in [0, 0.05) is 25.9 Å². The van der Waals surface area contributed by atoms with Gasteiger partial charge in [0.2, 0.25) is 11.6 Å². The Morgan fingerprint density at radius 3 is 2.57 bits per heavy atom. The zero-order chi connectivity index (χ0) is 19.9. The summed E-state index contributed by atoms with van der Waals surface area (Å²) in [5, 5.41) is 2.84. The Bertz CT molecular complexity index is 960. The molecule has 1 N–H and O–H groups in total. The van der Waals surface area contributed by atoms with Crippen molar-refractivity contribution in [2.75, 3.05) is 11.4 Å². The van der Waals surface area contributed by atoms with E-state index in [1.807, 2.05) is 0 Å². The summed E-state index contributed by atoms with van der Waals surface area (Å²) in [5.74, 6) is -1.21. The highest BCUT2D eigenvalue weighted by Crippen LogP contribution is 2.44. The van der Waals surface area contributed by atoms with Crippen LogP contribution in [0.4, 0.5) is 10.1 Å². The highest BCUT2D eigenvalue weighted by atomic mass is 19.1. The first-order valence-electron chi connectivity index (χ1n) is 9.26. The van der Waals surface area contributed by atoms with Crippen molar-refractivity contribution >= 4 is 23.4 Å². The average molecular weight is 381 g/mol. The molecule has 3 amide bonds. The van der Waals surface area contributed by atoms with E-state index in [0.717, 1.165) is 5.56 Å². The Kier molecular flexibility index (Phi) is 4.37. The lowest BCUT2D eigenvalue weighted by Crippen LogP contribution is -2.70. The number of carbonyl (C=O) groups is 3. The molecule has 0 radical (unpaired) electrons. The number of hydrogen-bond acceptors (Lipinski definition) is 3. The number of carbonyl (C=O) groups excluding carboxylic acids is 3. The van der Waals surface area contributed by atoms with Gasteiger partial charge in [-0.1, -0.05) is 24.3 Å². The summed E-state index contributed by atoms with van der Waals surface area (Å²) in [6.07, 6.45) is 0.414. The van der Waals surface area contributed by atoms with Crippen LogP contribution in [0.25, 0.3) is 0 Å². The molecule has 7 heteroatoms. The van der Waals surface area contributed by atoms with Crippen LogP contribution in [0.3, 0.4) is 0 Å². The number of anilines is 1. The zero-order valence-electron chi connectivity index (χ0n) is 15.4. The summed E-state index contributed by atoms with van der Waals surface area (Å²) in [4.78, 5) is 42.1. The van der Waals surface area contributed by atoms with Crippen LogP contribution >= 0.6 is 0 Å². The van der Waals surface area contributed by atoms with Gasteiger partial charge in [-0.2, -0.15) is 0 Å². The summed E-state index contributed by atoms with van der Waals surface area (Å²) in [7, 11) is 0. The van der Waals surface area contributed by atoms with Gasteiger partial charge in [0.05, 0.1) is 11.3 Å². The maximum atomic E-state index is 13.3. The van der Waals surface area contributed by atoms with Crippen LogP contribution in [0, 0.1) is 5.82 Å². The van der Waals surface area contributed by atoms with E-state index in [1.54, 1.807) is 43.3 Å². The van der Waals surface area contributed by atoms with Crippen LogP contribution in [0.2, 0.25) is 0 Å². The normalized spacial score (nSPS) is 20.8. The summed E-state index contributed by atoms with van der Waals surface area (Å²) < 4.78 is 13.1. The summed E-state index contributed by atoms with van der Waals surface area (Å²) in [6, 6.07) is 12.7. The van der Waals surface area contributed by atoms with E-state index in [-0.39, 0.29) is 37.0 Å². The molecule has 1 unspecified atom stereocenters. The molecule has 2 aliphatic rings. The number of hydrogen-bond donors (Lipinski definition) is 1. The van der Waals surface area contributed by atoms with Crippen molar-refractivity contribution in [2.24, 2.45) is 0 Å². The predicted molar refractivity (Wildman–Crippen MR) is 101 cm³/mol. The standard InChI is InChI=1S/C21H20FN3O3/c1-2-24-19(27)16-5-3-4-6-17(16)25-18(26)11-12-21(24,25)20(28)23-13-14-7-9-15(22)10-8-14/h3-10H,2,11-13H2,1H3,(H,23,28). The van der Waals surface area contributed by atoms with Gasteiger partial charge in [0.15, 0.2) is 0 Å². The van der Waals surface area contributed by atoms with Crippen molar-refractivity contribution in [1.82, 2.24) is 10.2 Å². The van der Waals surface area contributed by atoms with Gasteiger partial charge in [0.1, 0.15) is 5.82 Å². The average Bonchev–Trinajstić information content (AvgIpc) is 3.06. The minimum Gasteiger partial charge on any atom is -0.348 e. The van der Waals surface area contributed by atoms with Crippen LogP contribution in [0.15, 0.2) is 48.5 Å². The van der Waals surface area contributed by atoms with Gasteiger partial charge in [-0.05, 0) is 36.8 Å². The monoisotopic (exact) mass is 381 g/mol. The fourth-order valence-corrected chi connectivity index (χ4v) is 4.13. The molecule has 2 aromatic carbocycles. The minimum absolute atomic E-state index is 0.177. The second kappa shape index (κ2) is 6.74. The Balaban J connectivity index is 1.72. The van der Waals surface area contributed by atoms with Gasteiger partial charge < -0.3 is 10.2 Å². The van der Waals surface area contributed by atoms with Crippen molar-refractivity contribution in [1.29, 1.82) is 0 Å². The molecule has 2 aromatic rings. The Morgan fingerprint density at radius 1 is 1.14 bits per heavy atom. The molecule has 28 heavy (non-hydrogen) atoms. The number of fused-ring (bicyclic) bond motifs is 3. The van der Waals surface area contributed by atoms with Gasteiger partial charge in [-0.25, -0.2) is 4.39 Å². The number of amides is 3. The first kappa shape index (κ1) is 18.2. The fourth-order valence-electron chi connectivity index (χ4n) is 4.13. The molecule has 1 atom stereocenters. The quantitative estimate of drug-likeness (QED) is 0.884. The lowest BCUT2D eigenvalue weighted by Gasteiger charge is -2.48. The molecule has 0 aromatic heterocycles. The Hall–Kier alpha value is -3.22. The highest BCUT2D eigenvalue weighted by molar-refractivity contribution is 6.16. The van der Waals surface area contributed by atoms with E-state index in [0.29, 0.717) is 17.8 Å². The molecule has 0 spiro atoms. The van der Waals surface area contributed by atoms with Gasteiger partial charge >= 0.3 is 0 Å². The van der Waals surface area contributed by atoms with Crippen LogP contribution in [0.1, 0.15) is 35.7 Å². The minimum atomic E-state index is -1.38. The van der Waals surface area contributed by atoms with E-state index >= 15 is 0 Å². The van der Waals surface area contributed by atoms with E-state index in [9.17, 15) is 18.8 Å². The van der Waals surface area contributed by atoms with Crippen molar-refractivity contribution in [3.63, 3.8) is 0 Å². The molecule has 2 heterocycles. The largest absolute Gasteiger partial charge is 0.348 e. The third-order valence-electron chi connectivity index (χ3n) is 5.42. The van der Waals surface area contributed by atoms with Gasteiger partial charge in [-0.15, -0.1) is 0 Å². The number of likely N-dealkylation sites (N-methyl/N-ethyl adjacent to an activating group) is 1. The van der Waals surface area contributed by atoms with E-state index in [2.05, 4.69) is 5.32 Å². The van der Waals surface area contributed by atoms with Gasteiger partial charge in [-0.3, -0.25) is 19.3 Å². The lowest BCUT2D eigenvalue weighted by molar-refractivity contribution is -0.133. The van der Waals surface area contributed by atoms with E-state index in [4.69, 9.17) is 0 Å². The molecule has 144 valence electrons. The molecule has 0 bridgehead atoms. The van der Waals surface area contributed by atoms with Gasteiger partial charge in [0.25, 0.3) is 11.8 Å². The fraction of sp³-hybridized carbons (Fsp3) is 0.286. The molecule has 1 fully saturated rings. The molecule has 2 aliphatic heterocycles. The molecule has 6 nitrogen and oxygen atoms in total. The first-order chi connectivity index (χ1) is 13.5. The van der Waals surface area contributed by atoms with Crippen LogP contribution in [0.5, 0.6) is 0 Å². The second-order valence-electron chi connectivity index (χ2n) is 6.92. The summed E-state index contributed by atoms with van der Waals surface area (Å²) in [5.41, 5.74) is 0.239. The van der Waals surface area contributed by atoms with E-state index < -0.39 is 11.6 Å². The highest BCUT2D eigenvalue weighted by Gasteiger charge is 2.60. The molecule has 4 rings (SSSR count). The van der Waals surface area contributed by atoms with Crippen molar-refractivity contribution < 1.29 is 18.8 Å². The molecule has 1 saturated heterocycles. The second-order valence-corrected chi connectivity index (χ2v) is 6.92. The number of nitrogens with zero attached hydrogens (tertiary/aromatic N) is 2. The van der Waals surface area contributed by atoms with Crippen molar-refractivity contribution in [3.8, 4) is 0 Å². The molecule has 0 saturated carbocycles. The van der Waals surface area contributed by atoms with Crippen molar-refractivity contribution in [3.05, 3.63) is 65.5 Å². The summed E-state index contributed by atoms with van der Waals surface area (Å²) >= 11 is 0. The number of rotatable bonds is 4.